The topological polar surface area (TPSA) is 66.1 Å². The summed E-state index contributed by atoms with van der Waals surface area (Å²) in [6.07, 6.45) is 3.39. The summed E-state index contributed by atoms with van der Waals surface area (Å²) < 4.78 is 14.0. The van der Waals surface area contributed by atoms with Crippen LogP contribution in [0.1, 0.15) is 37.1 Å². The number of fused-ring (bicyclic) bond motifs is 1. The third-order valence-corrected chi connectivity index (χ3v) is 5.07. The van der Waals surface area contributed by atoms with Crippen molar-refractivity contribution in [2.45, 2.75) is 44.7 Å². The second kappa shape index (κ2) is 7.92. The third kappa shape index (κ3) is 4.11. The highest BCUT2D eigenvalue weighted by molar-refractivity contribution is 5.77. The van der Waals surface area contributed by atoms with Crippen molar-refractivity contribution >= 4 is 16.8 Å². The maximum atomic E-state index is 14.0. The molecule has 1 saturated carbocycles. The smallest absolute Gasteiger partial charge is 0.258 e. The number of aromatic amines is 1. The van der Waals surface area contributed by atoms with Crippen LogP contribution in [-0.4, -0.2) is 26.8 Å². The van der Waals surface area contributed by atoms with E-state index in [4.69, 9.17) is 0 Å². The lowest BCUT2D eigenvalue weighted by atomic mass is 10.1. The molecule has 1 amide bonds. The molecule has 4 rings (SSSR count). The molecule has 6 heteroatoms. The van der Waals surface area contributed by atoms with Gasteiger partial charge in [-0.25, -0.2) is 9.37 Å². The maximum absolute atomic E-state index is 14.0. The molecule has 0 radical (unpaired) electrons. The van der Waals surface area contributed by atoms with Crippen molar-refractivity contribution in [2.75, 3.05) is 0 Å². The number of aromatic nitrogens is 2. The van der Waals surface area contributed by atoms with Crippen LogP contribution in [0.3, 0.4) is 0 Å². The Kier molecular flexibility index (Phi) is 5.19. The van der Waals surface area contributed by atoms with Gasteiger partial charge in [-0.3, -0.25) is 9.59 Å². The minimum absolute atomic E-state index is 0.0221. The van der Waals surface area contributed by atoms with Gasteiger partial charge >= 0.3 is 0 Å². The molecule has 0 unspecified atom stereocenters. The number of carbonyl (C=O) groups excluding carboxylic acids is 1. The summed E-state index contributed by atoms with van der Waals surface area (Å²) in [7, 11) is 0. The van der Waals surface area contributed by atoms with E-state index in [1.165, 1.54) is 6.07 Å². The highest BCUT2D eigenvalue weighted by Crippen LogP contribution is 2.29. The summed E-state index contributed by atoms with van der Waals surface area (Å²) >= 11 is 0. The Balaban J connectivity index is 1.39. The van der Waals surface area contributed by atoms with E-state index < -0.39 is 0 Å². The Labute approximate surface area is 162 Å². The normalized spacial score (nSPS) is 13.6. The molecule has 1 aromatic heterocycles. The number of H-pyrrole nitrogens is 1. The number of nitrogens with one attached hydrogen (secondary N) is 1. The molecular formula is C22H22FN3O2. The second-order valence-corrected chi connectivity index (χ2v) is 7.23. The summed E-state index contributed by atoms with van der Waals surface area (Å²) in [6, 6.07) is 14.0. The number of para-hydroxylation sites is 1. The van der Waals surface area contributed by atoms with Crippen molar-refractivity contribution in [1.29, 1.82) is 0 Å². The monoisotopic (exact) mass is 379 g/mol. The molecule has 0 saturated heterocycles. The van der Waals surface area contributed by atoms with Crippen LogP contribution < -0.4 is 5.56 Å². The minimum atomic E-state index is -0.279. The number of hydrogen-bond donors (Lipinski definition) is 1. The molecule has 1 fully saturated rings. The van der Waals surface area contributed by atoms with Gasteiger partial charge in [0.25, 0.3) is 5.56 Å². The molecule has 0 aliphatic heterocycles. The molecule has 1 aliphatic carbocycles. The van der Waals surface area contributed by atoms with Gasteiger partial charge in [0.2, 0.25) is 5.91 Å². The fraction of sp³-hybridized carbons (Fsp3) is 0.318. The molecule has 1 aliphatic rings. The van der Waals surface area contributed by atoms with E-state index in [0.29, 0.717) is 48.1 Å². The first-order valence-corrected chi connectivity index (χ1v) is 9.62. The maximum Gasteiger partial charge on any atom is 0.258 e. The lowest BCUT2D eigenvalue weighted by Crippen LogP contribution is -2.32. The number of aryl methyl sites for hydroxylation is 1. The Morgan fingerprint density at radius 1 is 1.14 bits per heavy atom. The van der Waals surface area contributed by atoms with Crippen LogP contribution in [0, 0.1) is 5.82 Å². The van der Waals surface area contributed by atoms with Crippen molar-refractivity contribution in [1.82, 2.24) is 14.9 Å². The van der Waals surface area contributed by atoms with Gasteiger partial charge in [0.1, 0.15) is 11.6 Å². The summed E-state index contributed by atoms with van der Waals surface area (Å²) in [5.41, 5.74) is 1.04. The average molecular weight is 379 g/mol. The van der Waals surface area contributed by atoms with Crippen LogP contribution in [0.4, 0.5) is 4.39 Å². The van der Waals surface area contributed by atoms with Crippen LogP contribution in [0.25, 0.3) is 10.9 Å². The van der Waals surface area contributed by atoms with Gasteiger partial charge < -0.3 is 9.88 Å². The minimum Gasteiger partial charge on any atom is -0.335 e. The van der Waals surface area contributed by atoms with Crippen LogP contribution in [0.2, 0.25) is 0 Å². The Hall–Kier alpha value is -3.02. The first-order valence-electron chi connectivity index (χ1n) is 9.62. The zero-order chi connectivity index (χ0) is 19.5. The van der Waals surface area contributed by atoms with Gasteiger partial charge in [-0.2, -0.15) is 0 Å². The van der Waals surface area contributed by atoms with Crippen molar-refractivity contribution < 1.29 is 9.18 Å². The van der Waals surface area contributed by atoms with Gasteiger partial charge in [0.05, 0.1) is 10.9 Å². The van der Waals surface area contributed by atoms with Crippen LogP contribution in [0.15, 0.2) is 53.3 Å². The molecule has 1 N–H and O–H groups in total. The summed E-state index contributed by atoms with van der Waals surface area (Å²) in [5.74, 6) is 0.330. The highest BCUT2D eigenvalue weighted by Gasteiger charge is 2.32. The summed E-state index contributed by atoms with van der Waals surface area (Å²) in [5, 5.41) is 0.562. The van der Waals surface area contributed by atoms with E-state index in [2.05, 4.69) is 9.97 Å². The Bertz CT molecular complexity index is 1060. The quantitative estimate of drug-likeness (QED) is 0.682. The molecule has 0 bridgehead atoms. The predicted octanol–water partition coefficient (Wildman–Crippen LogP) is 3.58. The lowest BCUT2D eigenvalue weighted by Gasteiger charge is -2.23. The van der Waals surface area contributed by atoms with Crippen molar-refractivity contribution in [3.8, 4) is 0 Å². The van der Waals surface area contributed by atoms with E-state index in [1.54, 1.807) is 35.2 Å². The molecule has 28 heavy (non-hydrogen) atoms. The summed E-state index contributed by atoms with van der Waals surface area (Å²) in [4.78, 5) is 33.9. The number of carbonyl (C=O) groups is 1. The average Bonchev–Trinajstić information content (AvgIpc) is 3.52. The highest BCUT2D eigenvalue weighted by atomic mass is 19.1. The standard InChI is InChI=1S/C22H22FN3O2/c23-18-8-3-1-6-15(18)14-26(16-12-13-16)21(27)11-5-10-20-24-19-9-4-2-7-17(19)22(28)25-20/h1-4,6-9,16H,5,10-14H2,(H,24,25,28). The van der Waals surface area contributed by atoms with E-state index in [-0.39, 0.29) is 23.3 Å². The molecule has 3 aromatic rings. The molecule has 1 heterocycles. The van der Waals surface area contributed by atoms with Gasteiger partial charge in [-0.05, 0) is 37.5 Å². The zero-order valence-electron chi connectivity index (χ0n) is 15.5. The van der Waals surface area contributed by atoms with E-state index in [9.17, 15) is 14.0 Å². The van der Waals surface area contributed by atoms with E-state index in [0.717, 1.165) is 12.8 Å². The Morgan fingerprint density at radius 3 is 2.68 bits per heavy atom. The first-order chi connectivity index (χ1) is 13.6. The molecule has 0 atom stereocenters. The number of nitrogens with zero attached hydrogens (tertiary/aromatic N) is 2. The lowest BCUT2D eigenvalue weighted by molar-refractivity contribution is -0.132. The van der Waals surface area contributed by atoms with Crippen LogP contribution in [-0.2, 0) is 17.8 Å². The number of amides is 1. The van der Waals surface area contributed by atoms with Gasteiger partial charge in [-0.1, -0.05) is 30.3 Å². The predicted molar refractivity (Wildman–Crippen MR) is 105 cm³/mol. The molecule has 2 aromatic carbocycles. The number of rotatable bonds is 7. The third-order valence-electron chi connectivity index (χ3n) is 5.07. The van der Waals surface area contributed by atoms with E-state index >= 15 is 0 Å². The van der Waals surface area contributed by atoms with Gasteiger partial charge in [0, 0.05) is 31.0 Å². The van der Waals surface area contributed by atoms with Crippen LogP contribution >= 0.6 is 0 Å². The number of benzene rings is 2. The molecular weight excluding hydrogens is 357 g/mol. The van der Waals surface area contributed by atoms with E-state index in [1.807, 2.05) is 12.1 Å². The number of hydrogen-bond acceptors (Lipinski definition) is 3. The SMILES string of the molecule is O=C(CCCc1nc2ccccc2c(=O)[nH]1)N(Cc1ccccc1F)C1CC1. The Morgan fingerprint density at radius 2 is 1.89 bits per heavy atom. The van der Waals surface area contributed by atoms with Crippen molar-refractivity contribution in [2.24, 2.45) is 0 Å². The first kappa shape index (κ1) is 18.3. The number of halogens is 1. The molecule has 144 valence electrons. The van der Waals surface area contributed by atoms with Crippen molar-refractivity contribution in [3.05, 3.63) is 76.1 Å². The van der Waals surface area contributed by atoms with Crippen LogP contribution in [0.5, 0.6) is 0 Å². The fourth-order valence-electron chi connectivity index (χ4n) is 3.42. The van der Waals surface area contributed by atoms with Gasteiger partial charge in [-0.15, -0.1) is 0 Å². The zero-order valence-corrected chi connectivity index (χ0v) is 15.5. The largest absolute Gasteiger partial charge is 0.335 e. The fourth-order valence-corrected chi connectivity index (χ4v) is 3.42. The summed E-state index contributed by atoms with van der Waals surface area (Å²) in [6.45, 7) is 0.307. The molecule has 5 nitrogen and oxygen atoms in total. The van der Waals surface area contributed by atoms with Crippen molar-refractivity contribution in [3.63, 3.8) is 0 Å². The second-order valence-electron chi connectivity index (χ2n) is 7.23. The molecule has 0 spiro atoms. The van der Waals surface area contributed by atoms with Gasteiger partial charge in [0.15, 0.2) is 0 Å².